The maximum atomic E-state index is 13.7. The predicted octanol–water partition coefficient (Wildman–Crippen LogP) is 5.15. The van der Waals surface area contributed by atoms with Crippen molar-refractivity contribution in [3.05, 3.63) is 70.8 Å². The van der Waals surface area contributed by atoms with Crippen LogP contribution in [0.2, 0.25) is 0 Å². The molecule has 3 rings (SSSR count). The van der Waals surface area contributed by atoms with Crippen molar-refractivity contribution < 1.29 is 13.2 Å². The maximum Gasteiger partial charge on any atom is 0.416 e. The molecule has 2 aromatic carbocycles. The molecule has 6 heteroatoms. The van der Waals surface area contributed by atoms with Crippen LogP contribution in [0.25, 0.3) is 5.70 Å². The van der Waals surface area contributed by atoms with E-state index in [9.17, 15) is 13.2 Å². The third-order valence-electron chi connectivity index (χ3n) is 5.56. The molecular weight excluding hydrogens is 375 g/mol. The number of anilines is 1. The number of hydrogen-bond acceptors (Lipinski definition) is 3. The summed E-state index contributed by atoms with van der Waals surface area (Å²) in [7, 11) is 2.03. The number of likely N-dealkylation sites (N-methyl/N-ethyl adjacent to an activating group) is 1. The third kappa shape index (κ3) is 5.40. The summed E-state index contributed by atoms with van der Waals surface area (Å²) in [6, 6.07) is 10.4. The number of rotatable bonds is 5. The molecule has 1 aliphatic rings. The van der Waals surface area contributed by atoms with Crippen LogP contribution in [0, 0.1) is 13.8 Å². The summed E-state index contributed by atoms with van der Waals surface area (Å²) in [6.07, 6.45) is -4.40. The largest absolute Gasteiger partial charge is 0.416 e. The van der Waals surface area contributed by atoms with Crippen LogP contribution < -0.4 is 5.32 Å². The van der Waals surface area contributed by atoms with Gasteiger partial charge in [0.05, 0.1) is 5.56 Å². The van der Waals surface area contributed by atoms with Gasteiger partial charge in [0.1, 0.15) is 0 Å². The second-order valence-corrected chi connectivity index (χ2v) is 7.85. The van der Waals surface area contributed by atoms with Gasteiger partial charge in [0.25, 0.3) is 0 Å². The highest BCUT2D eigenvalue weighted by Crippen LogP contribution is 2.35. The fourth-order valence-corrected chi connectivity index (χ4v) is 3.48. The Bertz CT molecular complexity index is 881. The van der Waals surface area contributed by atoms with Gasteiger partial charge in [-0.3, -0.25) is 4.90 Å². The molecule has 3 nitrogen and oxygen atoms in total. The topological polar surface area (TPSA) is 18.5 Å². The summed E-state index contributed by atoms with van der Waals surface area (Å²) < 4.78 is 41.2. The second-order valence-electron chi connectivity index (χ2n) is 7.85. The molecule has 2 aromatic rings. The number of aryl methyl sites for hydroxylation is 2. The van der Waals surface area contributed by atoms with Crippen molar-refractivity contribution in [3.63, 3.8) is 0 Å². The van der Waals surface area contributed by atoms with Crippen LogP contribution >= 0.6 is 0 Å². The third-order valence-corrected chi connectivity index (χ3v) is 5.56. The molecule has 0 bridgehead atoms. The molecule has 0 amide bonds. The van der Waals surface area contributed by atoms with E-state index < -0.39 is 11.7 Å². The van der Waals surface area contributed by atoms with Crippen LogP contribution in [0.15, 0.2) is 43.0 Å². The molecule has 1 saturated heterocycles. The van der Waals surface area contributed by atoms with Crippen molar-refractivity contribution in [1.29, 1.82) is 0 Å². The summed E-state index contributed by atoms with van der Waals surface area (Å²) >= 11 is 0. The van der Waals surface area contributed by atoms with E-state index in [4.69, 9.17) is 0 Å². The van der Waals surface area contributed by atoms with Gasteiger partial charge in [-0.25, -0.2) is 0 Å². The molecule has 0 aliphatic carbocycles. The van der Waals surface area contributed by atoms with E-state index in [1.807, 2.05) is 39.1 Å². The zero-order chi connectivity index (χ0) is 21.2. The van der Waals surface area contributed by atoms with Gasteiger partial charge in [0.15, 0.2) is 0 Å². The molecule has 0 aromatic heterocycles. The monoisotopic (exact) mass is 403 g/mol. The van der Waals surface area contributed by atoms with Crippen molar-refractivity contribution in [2.75, 3.05) is 38.5 Å². The molecule has 29 heavy (non-hydrogen) atoms. The first-order chi connectivity index (χ1) is 13.6. The van der Waals surface area contributed by atoms with Crippen molar-refractivity contribution in [2.24, 2.45) is 0 Å². The van der Waals surface area contributed by atoms with Crippen LogP contribution in [-0.4, -0.2) is 43.0 Å². The Hall–Kier alpha value is -2.31. The number of halogens is 3. The van der Waals surface area contributed by atoms with Crippen LogP contribution in [0.4, 0.5) is 18.9 Å². The highest BCUT2D eigenvalue weighted by Gasteiger charge is 2.34. The lowest BCUT2D eigenvalue weighted by atomic mass is 10.0. The lowest BCUT2D eigenvalue weighted by molar-refractivity contribution is -0.138. The molecule has 0 atom stereocenters. The Morgan fingerprint density at radius 1 is 1.00 bits per heavy atom. The summed E-state index contributed by atoms with van der Waals surface area (Å²) in [5.74, 6) is 0. The normalized spacial score (nSPS) is 16.1. The van der Waals surface area contributed by atoms with Gasteiger partial charge in [-0.1, -0.05) is 24.8 Å². The fourth-order valence-electron chi connectivity index (χ4n) is 3.48. The molecule has 0 unspecified atom stereocenters. The molecule has 156 valence electrons. The Morgan fingerprint density at radius 2 is 1.69 bits per heavy atom. The van der Waals surface area contributed by atoms with E-state index in [2.05, 4.69) is 21.7 Å². The Morgan fingerprint density at radius 3 is 2.31 bits per heavy atom. The molecule has 0 saturated carbocycles. The average molecular weight is 403 g/mol. The van der Waals surface area contributed by atoms with Crippen LogP contribution in [0.3, 0.4) is 0 Å². The summed E-state index contributed by atoms with van der Waals surface area (Å²) in [6.45, 7) is 11.6. The molecular formula is C23H28F3N3. The minimum atomic E-state index is -4.40. The number of alkyl halides is 3. The first-order valence-electron chi connectivity index (χ1n) is 9.78. The highest BCUT2D eigenvalue weighted by atomic mass is 19.4. The van der Waals surface area contributed by atoms with E-state index in [1.165, 1.54) is 6.07 Å². The smallest absolute Gasteiger partial charge is 0.356 e. The lowest BCUT2D eigenvalue weighted by Gasteiger charge is -2.33. The van der Waals surface area contributed by atoms with Crippen molar-refractivity contribution in [1.82, 2.24) is 9.80 Å². The molecule has 0 radical (unpaired) electrons. The van der Waals surface area contributed by atoms with Crippen molar-refractivity contribution in [2.45, 2.75) is 26.6 Å². The standard InChI is InChI=1S/C23H28F3N3/c1-16-5-6-19(13-17(16)2)18(3)27-21-8-7-20(22(14-21)23(24,25)26)15-29-11-9-28(4)10-12-29/h5-8,13-14,27H,3,9-12,15H2,1-2,4H3. The van der Waals surface area contributed by atoms with Gasteiger partial charge >= 0.3 is 6.18 Å². The zero-order valence-corrected chi connectivity index (χ0v) is 17.2. The number of piperazine rings is 1. The van der Waals surface area contributed by atoms with Gasteiger partial charge in [-0.2, -0.15) is 13.2 Å². The minimum Gasteiger partial charge on any atom is -0.356 e. The van der Waals surface area contributed by atoms with Gasteiger partial charge in [-0.05, 0) is 61.3 Å². The molecule has 1 N–H and O–H groups in total. The number of benzene rings is 2. The maximum absolute atomic E-state index is 13.7. The predicted molar refractivity (Wildman–Crippen MR) is 113 cm³/mol. The average Bonchev–Trinajstić information content (AvgIpc) is 2.66. The highest BCUT2D eigenvalue weighted by molar-refractivity contribution is 5.76. The lowest BCUT2D eigenvalue weighted by Crippen LogP contribution is -2.44. The Kier molecular flexibility index (Phi) is 6.34. The molecule has 0 spiro atoms. The van der Waals surface area contributed by atoms with Crippen LogP contribution in [0.1, 0.15) is 27.8 Å². The Balaban J connectivity index is 1.79. The molecule has 1 fully saturated rings. The second kappa shape index (κ2) is 8.59. The van der Waals surface area contributed by atoms with E-state index in [0.29, 0.717) is 23.5 Å². The van der Waals surface area contributed by atoms with E-state index in [-0.39, 0.29) is 0 Å². The summed E-state index contributed by atoms with van der Waals surface area (Å²) in [5, 5.41) is 3.04. The van der Waals surface area contributed by atoms with E-state index in [0.717, 1.165) is 42.9 Å². The first kappa shape index (κ1) is 21.4. The van der Waals surface area contributed by atoms with E-state index in [1.54, 1.807) is 12.1 Å². The summed E-state index contributed by atoms with van der Waals surface area (Å²) in [4.78, 5) is 4.26. The molecule has 1 heterocycles. The fraction of sp³-hybridized carbons (Fsp3) is 0.391. The van der Waals surface area contributed by atoms with Crippen molar-refractivity contribution >= 4 is 11.4 Å². The quantitative estimate of drug-likeness (QED) is 0.745. The van der Waals surface area contributed by atoms with Crippen molar-refractivity contribution in [3.8, 4) is 0 Å². The van der Waals surface area contributed by atoms with Gasteiger partial charge in [-0.15, -0.1) is 0 Å². The SMILES string of the molecule is C=C(Nc1ccc(CN2CCN(C)CC2)c(C(F)(F)F)c1)c1ccc(C)c(C)c1. The number of nitrogens with zero attached hydrogens (tertiary/aromatic N) is 2. The zero-order valence-electron chi connectivity index (χ0n) is 17.2. The van der Waals surface area contributed by atoms with E-state index >= 15 is 0 Å². The van der Waals surface area contributed by atoms with Crippen LogP contribution in [0.5, 0.6) is 0 Å². The van der Waals surface area contributed by atoms with Crippen LogP contribution in [-0.2, 0) is 12.7 Å². The van der Waals surface area contributed by atoms with Gasteiger partial charge in [0.2, 0.25) is 0 Å². The molecule has 1 aliphatic heterocycles. The Labute approximate surface area is 170 Å². The first-order valence-corrected chi connectivity index (χ1v) is 9.78. The number of nitrogens with one attached hydrogen (secondary N) is 1. The summed E-state index contributed by atoms with van der Waals surface area (Å²) in [5.41, 5.74) is 3.83. The van der Waals surface area contributed by atoms with Gasteiger partial charge < -0.3 is 10.2 Å². The minimum absolute atomic E-state index is 0.307. The number of hydrogen-bond donors (Lipinski definition) is 1. The van der Waals surface area contributed by atoms with Gasteiger partial charge in [0, 0.05) is 44.1 Å².